The summed E-state index contributed by atoms with van der Waals surface area (Å²) in [5, 5.41) is 2.49. The second-order valence-electron chi connectivity index (χ2n) is 15.8. The Morgan fingerprint density at radius 3 is 1.70 bits per heavy atom. The maximum atomic E-state index is 2.48. The average molecular weight is 680 g/mol. The van der Waals surface area contributed by atoms with Gasteiger partial charge >= 0.3 is 0 Å². The number of para-hydroxylation sites is 1. The highest BCUT2D eigenvalue weighted by atomic mass is 15.1. The molecule has 1 heteroatoms. The molecule has 0 radical (unpaired) electrons. The predicted molar refractivity (Wildman–Crippen MR) is 225 cm³/mol. The summed E-state index contributed by atoms with van der Waals surface area (Å²) in [4.78, 5) is 2.48. The van der Waals surface area contributed by atoms with Gasteiger partial charge in [-0.1, -0.05) is 161 Å². The largest absolute Gasteiger partial charge is 0.310 e. The molecule has 0 bridgehead atoms. The first-order chi connectivity index (χ1) is 25.8. The van der Waals surface area contributed by atoms with E-state index in [1.165, 1.54) is 77.5 Å². The number of hydrogen-bond acceptors (Lipinski definition) is 1. The molecule has 0 unspecified atom stereocenters. The second kappa shape index (κ2) is 11.7. The molecule has 2 aliphatic carbocycles. The number of nitrogens with zero attached hydrogens (tertiary/aromatic N) is 1. The standard InChI is InChI=1S/C52H41N/c1-51(2)46-23-13-11-20-42(46)44-32-37(27-30-47(44)51)50-40(36-26-25-34-15-8-9-16-35(34)31-36)21-14-24-49(50)53(38-17-6-5-7-18-38)39-28-29-43-41-19-10-12-22-45(41)52(3,4)48(43)33-39/h5-33H,1-4H3. The molecule has 0 heterocycles. The highest BCUT2D eigenvalue weighted by Gasteiger charge is 2.37. The Morgan fingerprint density at radius 2 is 0.925 bits per heavy atom. The van der Waals surface area contributed by atoms with Gasteiger partial charge in [-0.3, -0.25) is 0 Å². The van der Waals surface area contributed by atoms with Gasteiger partial charge in [0.15, 0.2) is 0 Å². The summed E-state index contributed by atoms with van der Waals surface area (Å²) in [6.07, 6.45) is 0. The molecule has 0 saturated carbocycles. The summed E-state index contributed by atoms with van der Waals surface area (Å²) in [5.41, 5.74) is 19.0. The molecule has 8 aromatic rings. The van der Waals surface area contributed by atoms with Crippen LogP contribution < -0.4 is 4.90 Å². The minimum absolute atomic E-state index is 0.0595. The Kier molecular flexibility index (Phi) is 6.94. The van der Waals surface area contributed by atoms with Gasteiger partial charge in [0.1, 0.15) is 0 Å². The van der Waals surface area contributed by atoms with Crippen LogP contribution in [0.4, 0.5) is 17.1 Å². The molecule has 0 saturated heterocycles. The molecule has 0 aliphatic heterocycles. The molecule has 2 aliphatic rings. The molecule has 1 nitrogen and oxygen atoms in total. The van der Waals surface area contributed by atoms with Gasteiger partial charge < -0.3 is 4.90 Å². The first kappa shape index (κ1) is 31.5. The Labute approximate surface area is 312 Å². The summed E-state index contributed by atoms with van der Waals surface area (Å²) in [7, 11) is 0. The molecule has 0 aromatic heterocycles. The Morgan fingerprint density at radius 1 is 0.340 bits per heavy atom. The summed E-state index contributed by atoms with van der Waals surface area (Å²) in [5.74, 6) is 0. The van der Waals surface area contributed by atoms with Crippen molar-refractivity contribution in [2.24, 2.45) is 0 Å². The van der Waals surface area contributed by atoms with Crippen molar-refractivity contribution >= 4 is 27.8 Å². The van der Waals surface area contributed by atoms with Crippen molar-refractivity contribution in [2.75, 3.05) is 4.90 Å². The minimum Gasteiger partial charge on any atom is -0.310 e. The van der Waals surface area contributed by atoms with Crippen LogP contribution in [0, 0.1) is 0 Å². The lowest BCUT2D eigenvalue weighted by molar-refractivity contribution is 0.660. The molecule has 8 aromatic carbocycles. The lowest BCUT2D eigenvalue weighted by Crippen LogP contribution is -2.17. The van der Waals surface area contributed by atoms with Crippen molar-refractivity contribution in [3.63, 3.8) is 0 Å². The molecule has 0 N–H and O–H groups in total. The van der Waals surface area contributed by atoms with Gasteiger partial charge in [0, 0.05) is 27.8 Å². The van der Waals surface area contributed by atoms with Crippen LogP contribution in [0.15, 0.2) is 176 Å². The van der Waals surface area contributed by atoms with Gasteiger partial charge in [0.25, 0.3) is 0 Å². The van der Waals surface area contributed by atoms with Crippen molar-refractivity contribution in [2.45, 2.75) is 38.5 Å². The van der Waals surface area contributed by atoms with Crippen LogP contribution in [0.3, 0.4) is 0 Å². The topological polar surface area (TPSA) is 3.24 Å². The summed E-state index contributed by atoms with van der Waals surface area (Å²) in [6.45, 7) is 9.45. The van der Waals surface area contributed by atoms with E-state index in [0.717, 1.165) is 17.1 Å². The zero-order valence-corrected chi connectivity index (χ0v) is 30.7. The monoisotopic (exact) mass is 679 g/mol. The predicted octanol–water partition coefficient (Wildman–Crippen LogP) is 14.3. The molecule has 0 fully saturated rings. The third-order valence-corrected chi connectivity index (χ3v) is 12.1. The molecule has 0 spiro atoms. The fourth-order valence-corrected chi connectivity index (χ4v) is 9.34. The van der Waals surface area contributed by atoms with E-state index in [9.17, 15) is 0 Å². The molecule has 0 amide bonds. The van der Waals surface area contributed by atoms with Crippen LogP contribution in [-0.4, -0.2) is 0 Å². The van der Waals surface area contributed by atoms with E-state index in [2.05, 4.69) is 209 Å². The second-order valence-corrected chi connectivity index (χ2v) is 15.8. The third-order valence-electron chi connectivity index (χ3n) is 12.1. The van der Waals surface area contributed by atoms with Crippen molar-refractivity contribution in [1.29, 1.82) is 0 Å². The maximum Gasteiger partial charge on any atom is 0.0546 e. The van der Waals surface area contributed by atoms with Crippen LogP contribution in [0.2, 0.25) is 0 Å². The molecule has 254 valence electrons. The summed E-state index contributed by atoms with van der Waals surface area (Å²) < 4.78 is 0. The van der Waals surface area contributed by atoms with Gasteiger partial charge in [0.05, 0.1) is 5.69 Å². The fraction of sp³-hybridized carbons (Fsp3) is 0.115. The summed E-state index contributed by atoms with van der Waals surface area (Å²) >= 11 is 0. The van der Waals surface area contributed by atoms with Crippen molar-refractivity contribution in [3.05, 3.63) is 198 Å². The minimum atomic E-state index is -0.111. The van der Waals surface area contributed by atoms with E-state index in [-0.39, 0.29) is 10.8 Å². The maximum absolute atomic E-state index is 2.48. The zero-order valence-electron chi connectivity index (χ0n) is 30.7. The van der Waals surface area contributed by atoms with Gasteiger partial charge in [-0.05, 0) is 114 Å². The third kappa shape index (κ3) is 4.77. The molecule has 0 atom stereocenters. The lowest BCUT2D eigenvalue weighted by Gasteiger charge is -2.31. The van der Waals surface area contributed by atoms with E-state index in [1.54, 1.807) is 0 Å². The number of anilines is 3. The number of benzene rings is 8. The van der Waals surface area contributed by atoms with Crippen LogP contribution in [0.1, 0.15) is 49.9 Å². The molecular formula is C52H41N. The molecule has 53 heavy (non-hydrogen) atoms. The molecule has 10 rings (SSSR count). The van der Waals surface area contributed by atoms with E-state index in [0.29, 0.717) is 0 Å². The quantitative estimate of drug-likeness (QED) is 0.175. The summed E-state index contributed by atoms with van der Waals surface area (Å²) in [6, 6.07) is 65.5. The van der Waals surface area contributed by atoms with E-state index < -0.39 is 0 Å². The van der Waals surface area contributed by atoms with Gasteiger partial charge in [-0.2, -0.15) is 0 Å². The zero-order chi connectivity index (χ0) is 35.9. The normalized spacial score (nSPS) is 14.3. The van der Waals surface area contributed by atoms with Gasteiger partial charge in [-0.25, -0.2) is 0 Å². The number of rotatable bonds is 5. The smallest absolute Gasteiger partial charge is 0.0546 e. The van der Waals surface area contributed by atoms with Crippen LogP contribution in [0.5, 0.6) is 0 Å². The SMILES string of the molecule is CC1(C)c2ccccc2-c2cc(-c3c(-c4ccc5ccccc5c4)cccc3N(c3ccccc3)c3ccc4c(c3)C(C)(C)c3ccccc3-4)ccc21. The van der Waals surface area contributed by atoms with Gasteiger partial charge in [-0.15, -0.1) is 0 Å². The van der Waals surface area contributed by atoms with E-state index >= 15 is 0 Å². The highest BCUT2D eigenvalue weighted by Crippen LogP contribution is 2.54. The van der Waals surface area contributed by atoms with Crippen molar-refractivity contribution in [1.82, 2.24) is 0 Å². The van der Waals surface area contributed by atoms with Crippen molar-refractivity contribution < 1.29 is 0 Å². The Balaban J connectivity index is 1.25. The van der Waals surface area contributed by atoms with Gasteiger partial charge in [0.2, 0.25) is 0 Å². The van der Waals surface area contributed by atoms with E-state index in [1.807, 2.05) is 0 Å². The van der Waals surface area contributed by atoms with Crippen molar-refractivity contribution in [3.8, 4) is 44.5 Å². The molecular weight excluding hydrogens is 639 g/mol. The van der Waals surface area contributed by atoms with Crippen LogP contribution in [-0.2, 0) is 10.8 Å². The highest BCUT2D eigenvalue weighted by molar-refractivity contribution is 6.00. The van der Waals surface area contributed by atoms with Crippen LogP contribution >= 0.6 is 0 Å². The fourth-order valence-electron chi connectivity index (χ4n) is 9.34. The van der Waals surface area contributed by atoms with E-state index in [4.69, 9.17) is 0 Å². The Hall–Kier alpha value is -6.18. The first-order valence-electron chi connectivity index (χ1n) is 18.8. The van der Waals surface area contributed by atoms with Crippen LogP contribution in [0.25, 0.3) is 55.3 Å². The number of fused-ring (bicyclic) bond motifs is 7. The lowest BCUT2D eigenvalue weighted by atomic mass is 9.81. The first-order valence-corrected chi connectivity index (χ1v) is 18.8. The average Bonchev–Trinajstić information content (AvgIpc) is 3.57. The Bertz CT molecular complexity index is 2730. The number of hydrogen-bond donors (Lipinski definition) is 0.